The Balaban J connectivity index is 3.71. The summed E-state index contributed by atoms with van der Waals surface area (Å²) < 4.78 is 0. The Kier molecular flexibility index (Phi) is 7.26. The smallest absolute Gasteiger partial charge is 0.222 e. The number of alkyl halides is 1. The summed E-state index contributed by atoms with van der Waals surface area (Å²) in [5, 5.41) is 0. The SMILES string of the molecule is CCCC(=O)N(CC)CCCCl. The minimum atomic E-state index is 0.255. The van der Waals surface area contributed by atoms with Gasteiger partial charge in [-0.1, -0.05) is 6.92 Å². The second kappa shape index (κ2) is 7.41. The van der Waals surface area contributed by atoms with E-state index in [1.165, 1.54) is 0 Å². The second-order valence-corrected chi connectivity index (χ2v) is 3.14. The highest BCUT2D eigenvalue weighted by Crippen LogP contribution is 1.99. The molecule has 0 aromatic heterocycles. The van der Waals surface area contributed by atoms with Crippen molar-refractivity contribution in [2.45, 2.75) is 33.1 Å². The third-order valence-corrected chi connectivity index (χ3v) is 2.03. The number of carbonyl (C=O) groups excluding carboxylic acids is 1. The molecule has 0 rings (SSSR count). The van der Waals surface area contributed by atoms with Crippen LogP contribution in [0, 0.1) is 0 Å². The van der Waals surface area contributed by atoms with Crippen LogP contribution >= 0.6 is 11.6 Å². The van der Waals surface area contributed by atoms with Crippen molar-refractivity contribution in [1.29, 1.82) is 0 Å². The van der Waals surface area contributed by atoms with Gasteiger partial charge in [0.25, 0.3) is 0 Å². The third-order valence-electron chi connectivity index (χ3n) is 1.76. The lowest BCUT2D eigenvalue weighted by Crippen LogP contribution is -2.31. The van der Waals surface area contributed by atoms with Gasteiger partial charge in [0.1, 0.15) is 0 Å². The van der Waals surface area contributed by atoms with Gasteiger partial charge in [0.2, 0.25) is 5.91 Å². The molecule has 0 fully saturated rings. The van der Waals surface area contributed by atoms with Crippen LogP contribution in [-0.2, 0) is 4.79 Å². The Morgan fingerprint density at radius 2 is 2.08 bits per heavy atom. The normalized spacial score (nSPS) is 9.92. The van der Waals surface area contributed by atoms with Gasteiger partial charge < -0.3 is 4.90 Å². The van der Waals surface area contributed by atoms with Gasteiger partial charge in [-0.3, -0.25) is 4.79 Å². The number of hydrogen-bond acceptors (Lipinski definition) is 1. The molecule has 0 heterocycles. The van der Waals surface area contributed by atoms with Crippen LogP contribution in [0.15, 0.2) is 0 Å². The van der Waals surface area contributed by atoms with Crippen LogP contribution in [0.2, 0.25) is 0 Å². The van der Waals surface area contributed by atoms with E-state index in [1.54, 1.807) is 0 Å². The second-order valence-electron chi connectivity index (χ2n) is 2.77. The molecule has 0 atom stereocenters. The van der Waals surface area contributed by atoms with E-state index in [4.69, 9.17) is 11.6 Å². The van der Waals surface area contributed by atoms with Crippen molar-refractivity contribution in [1.82, 2.24) is 4.90 Å². The van der Waals surface area contributed by atoms with Gasteiger partial charge >= 0.3 is 0 Å². The average molecular weight is 192 g/mol. The fraction of sp³-hybridized carbons (Fsp3) is 0.889. The number of hydrogen-bond donors (Lipinski definition) is 0. The highest BCUT2D eigenvalue weighted by molar-refractivity contribution is 6.17. The Morgan fingerprint density at radius 1 is 1.42 bits per heavy atom. The van der Waals surface area contributed by atoms with Crippen molar-refractivity contribution in [3.8, 4) is 0 Å². The van der Waals surface area contributed by atoms with Crippen molar-refractivity contribution in [2.75, 3.05) is 19.0 Å². The summed E-state index contributed by atoms with van der Waals surface area (Å²) in [4.78, 5) is 13.2. The van der Waals surface area contributed by atoms with Crippen molar-refractivity contribution in [2.24, 2.45) is 0 Å². The van der Waals surface area contributed by atoms with Crippen LogP contribution in [-0.4, -0.2) is 29.8 Å². The van der Waals surface area contributed by atoms with Gasteiger partial charge in [-0.05, 0) is 19.8 Å². The molecular weight excluding hydrogens is 174 g/mol. The molecule has 0 saturated heterocycles. The predicted molar refractivity (Wildman–Crippen MR) is 52.5 cm³/mol. The van der Waals surface area contributed by atoms with Crippen LogP contribution in [0.3, 0.4) is 0 Å². The molecule has 0 aliphatic carbocycles. The number of amides is 1. The Labute approximate surface area is 79.9 Å². The Hall–Kier alpha value is -0.240. The van der Waals surface area contributed by atoms with Crippen LogP contribution < -0.4 is 0 Å². The lowest BCUT2D eigenvalue weighted by molar-refractivity contribution is -0.131. The first-order chi connectivity index (χ1) is 5.76. The molecule has 0 spiro atoms. The highest BCUT2D eigenvalue weighted by atomic mass is 35.5. The van der Waals surface area contributed by atoms with E-state index in [9.17, 15) is 4.79 Å². The first-order valence-electron chi connectivity index (χ1n) is 4.60. The van der Waals surface area contributed by atoms with Crippen LogP contribution in [0.1, 0.15) is 33.1 Å². The topological polar surface area (TPSA) is 20.3 Å². The lowest BCUT2D eigenvalue weighted by Gasteiger charge is -2.19. The molecule has 0 radical (unpaired) electrons. The van der Waals surface area contributed by atoms with Crippen molar-refractivity contribution >= 4 is 17.5 Å². The molecule has 0 aromatic carbocycles. The quantitative estimate of drug-likeness (QED) is 0.590. The van der Waals surface area contributed by atoms with Crippen molar-refractivity contribution < 1.29 is 4.79 Å². The van der Waals surface area contributed by atoms with Gasteiger partial charge in [-0.15, -0.1) is 11.6 Å². The van der Waals surface area contributed by atoms with E-state index in [0.717, 1.165) is 25.9 Å². The maximum atomic E-state index is 11.4. The molecular formula is C9H18ClNO. The maximum Gasteiger partial charge on any atom is 0.222 e. The van der Waals surface area contributed by atoms with Gasteiger partial charge in [-0.25, -0.2) is 0 Å². The summed E-state index contributed by atoms with van der Waals surface area (Å²) in [5.74, 6) is 0.890. The molecule has 0 aliphatic rings. The Morgan fingerprint density at radius 3 is 2.50 bits per heavy atom. The zero-order valence-electron chi connectivity index (χ0n) is 7.98. The zero-order valence-corrected chi connectivity index (χ0v) is 8.73. The van der Waals surface area contributed by atoms with Crippen LogP contribution in [0.25, 0.3) is 0 Å². The minimum absolute atomic E-state index is 0.255. The molecule has 0 N–H and O–H groups in total. The van der Waals surface area contributed by atoms with Gasteiger partial charge in [0.05, 0.1) is 0 Å². The van der Waals surface area contributed by atoms with Crippen LogP contribution in [0.4, 0.5) is 0 Å². The largest absolute Gasteiger partial charge is 0.343 e. The maximum absolute atomic E-state index is 11.4. The average Bonchev–Trinajstić information content (AvgIpc) is 2.06. The number of rotatable bonds is 6. The van der Waals surface area contributed by atoms with E-state index >= 15 is 0 Å². The standard InChI is InChI=1S/C9H18ClNO/c1-3-6-9(12)11(4-2)8-5-7-10/h3-8H2,1-2H3. The molecule has 0 bridgehead atoms. The molecule has 0 saturated carbocycles. The van der Waals surface area contributed by atoms with E-state index in [1.807, 2.05) is 18.7 Å². The fourth-order valence-corrected chi connectivity index (χ4v) is 1.20. The van der Waals surface area contributed by atoms with Crippen molar-refractivity contribution in [3.63, 3.8) is 0 Å². The molecule has 72 valence electrons. The molecule has 2 nitrogen and oxygen atoms in total. The van der Waals surface area contributed by atoms with E-state index < -0.39 is 0 Å². The summed E-state index contributed by atoms with van der Waals surface area (Å²) in [6, 6.07) is 0. The van der Waals surface area contributed by atoms with E-state index in [0.29, 0.717) is 12.3 Å². The van der Waals surface area contributed by atoms with E-state index in [2.05, 4.69) is 0 Å². The molecule has 0 aromatic rings. The summed E-state index contributed by atoms with van der Waals surface area (Å²) >= 11 is 5.55. The van der Waals surface area contributed by atoms with Gasteiger partial charge in [0.15, 0.2) is 0 Å². The van der Waals surface area contributed by atoms with Gasteiger partial charge in [0, 0.05) is 25.4 Å². The molecule has 12 heavy (non-hydrogen) atoms. The summed E-state index contributed by atoms with van der Waals surface area (Å²) in [7, 11) is 0. The monoisotopic (exact) mass is 191 g/mol. The lowest BCUT2D eigenvalue weighted by atomic mass is 10.3. The summed E-state index contributed by atoms with van der Waals surface area (Å²) in [6.45, 7) is 5.63. The predicted octanol–water partition coefficient (Wildman–Crippen LogP) is 2.26. The zero-order chi connectivity index (χ0) is 9.40. The highest BCUT2D eigenvalue weighted by Gasteiger charge is 2.08. The summed E-state index contributed by atoms with van der Waals surface area (Å²) in [5.41, 5.74) is 0. The first kappa shape index (κ1) is 11.8. The number of halogens is 1. The van der Waals surface area contributed by atoms with E-state index in [-0.39, 0.29) is 5.91 Å². The fourth-order valence-electron chi connectivity index (χ4n) is 1.08. The van der Waals surface area contributed by atoms with Gasteiger partial charge in [-0.2, -0.15) is 0 Å². The minimum Gasteiger partial charge on any atom is -0.343 e. The van der Waals surface area contributed by atoms with Crippen LogP contribution in [0.5, 0.6) is 0 Å². The molecule has 0 unspecified atom stereocenters. The number of carbonyl (C=O) groups is 1. The van der Waals surface area contributed by atoms with Crippen molar-refractivity contribution in [3.05, 3.63) is 0 Å². The molecule has 0 aliphatic heterocycles. The first-order valence-corrected chi connectivity index (χ1v) is 5.13. The number of nitrogens with zero attached hydrogens (tertiary/aromatic N) is 1. The third kappa shape index (κ3) is 4.60. The summed E-state index contributed by atoms with van der Waals surface area (Å²) in [6.07, 6.45) is 2.48. The molecule has 3 heteroatoms. The molecule has 1 amide bonds. The Bertz CT molecular complexity index is 128.